The zero-order valence-corrected chi connectivity index (χ0v) is 12.2. The molecular weight excluding hydrogens is 272 g/mol. The third-order valence-corrected chi connectivity index (χ3v) is 3.31. The summed E-state index contributed by atoms with van der Waals surface area (Å²) in [6.45, 7) is 2.70. The van der Waals surface area contributed by atoms with Crippen LogP contribution in [0.25, 0.3) is 0 Å². The fourth-order valence-electron chi connectivity index (χ4n) is 1.90. The molecule has 0 bridgehead atoms. The molecule has 0 aliphatic heterocycles. The molecule has 0 spiro atoms. The largest absolute Gasteiger partial charge is 0.494 e. The van der Waals surface area contributed by atoms with E-state index in [1.807, 2.05) is 37.3 Å². The van der Waals surface area contributed by atoms with E-state index in [2.05, 4.69) is 0 Å². The van der Waals surface area contributed by atoms with Crippen molar-refractivity contribution in [2.75, 3.05) is 6.61 Å². The van der Waals surface area contributed by atoms with Crippen molar-refractivity contribution in [3.05, 3.63) is 64.7 Å². The van der Waals surface area contributed by atoms with E-state index < -0.39 is 0 Å². The fraction of sp³-hybridized carbons (Fsp3) is 0.235. The molecule has 2 nitrogen and oxygen atoms in total. The second-order valence-electron chi connectivity index (χ2n) is 4.57. The van der Waals surface area contributed by atoms with Gasteiger partial charge in [0.2, 0.25) is 0 Å². The highest BCUT2D eigenvalue weighted by Crippen LogP contribution is 2.19. The Morgan fingerprint density at radius 3 is 2.70 bits per heavy atom. The molecule has 0 atom stereocenters. The predicted octanol–water partition coefficient (Wildman–Crippen LogP) is 4.55. The lowest BCUT2D eigenvalue weighted by atomic mass is 10.0. The number of halogens is 1. The van der Waals surface area contributed by atoms with Crippen molar-refractivity contribution in [1.29, 1.82) is 0 Å². The van der Waals surface area contributed by atoms with E-state index in [1.54, 1.807) is 18.2 Å². The first-order valence-electron chi connectivity index (χ1n) is 6.70. The smallest absolute Gasteiger partial charge is 0.167 e. The van der Waals surface area contributed by atoms with Crippen LogP contribution in [0.1, 0.15) is 29.3 Å². The van der Waals surface area contributed by atoms with Gasteiger partial charge in [0.25, 0.3) is 0 Å². The minimum atomic E-state index is 0.0417. The van der Waals surface area contributed by atoms with Gasteiger partial charge < -0.3 is 4.74 Å². The molecule has 0 N–H and O–H groups in total. The topological polar surface area (TPSA) is 26.3 Å². The van der Waals surface area contributed by atoms with Gasteiger partial charge in [-0.1, -0.05) is 48.9 Å². The Morgan fingerprint density at radius 1 is 1.15 bits per heavy atom. The van der Waals surface area contributed by atoms with Gasteiger partial charge in [0, 0.05) is 17.0 Å². The van der Waals surface area contributed by atoms with Gasteiger partial charge in [-0.2, -0.15) is 0 Å². The van der Waals surface area contributed by atoms with Crippen molar-refractivity contribution in [2.45, 2.75) is 19.8 Å². The van der Waals surface area contributed by atoms with Crippen LogP contribution in [0.5, 0.6) is 5.75 Å². The lowest BCUT2D eigenvalue weighted by molar-refractivity contribution is 0.0992. The molecule has 20 heavy (non-hydrogen) atoms. The quantitative estimate of drug-likeness (QED) is 0.729. The van der Waals surface area contributed by atoms with E-state index >= 15 is 0 Å². The normalized spacial score (nSPS) is 10.3. The van der Waals surface area contributed by atoms with Crippen LogP contribution in [0.15, 0.2) is 48.5 Å². The van der Waals surface area contributed by atoms with Crippen molar-refractivity contribution in [1.82, 2.24) is 0 Å². The summed E-state index contributed by atoms with van der Waals surface area (Å²) in [5.41, 5.74) is 1.50. The van der Waals surface area contributed by atoms with Crippen LogP contribution >= 0.6 is 11.6 Å². The lowest BCUT2D eigenvalue weighted by Gasteiger charge is -2.07. The number of ether oxygens (including phenoxy) is 1. The highest BCUT2D eigenvalue weighted by Gasteiger charge is 2.10. The van der Waals surface area contributed by atoms with Gasteiger partial charge in [0.15, 0.2) is 5.78 Å². The van der Waals surface area contributed by atoms with Gasteiger partial charge in [-0.15, -0.1) is 0 Å². The zero-order valence-electron chi connectivity index (χ0n) is 11.4. The monoisotopic (exact) mass is 288 g/mol. The third-order valence-electron chi connectivity index (χ3n) is 2.94. The average molecular weight is 289 g/mol. The third kappa shape index (κ3) is 3.84. The van der Waals surface area contributed by atoms with E-state index in [-0.39, 0.29) is 5.78 Å². The molecule has 104 valence electrons. The van der Waals surface area contributed by atoms with E-state index in [1.165, 1.54) is 0 Å². The first-order valence-corrected chi connectivity index (χ1v) is 7.08. The van der Waals surface area contributed by atoms with Crippen LogP contribution in [0, 0.1) is 0 Å². The number of benzene rings is 2. The second-order valence-corrected chi connectivity index (χ2v) is 4.97. The van der Waals surface area contributed by atoms with E-state index in [0.717, 1.165) is 17.7 Å². The zero-order chi connectivity index (χ0) is 14.4. The molecule has 0 unspecified atom stereocenters. The Kier molecular flexibility index (Phi) is 5.19. The van der Waals surface area contributed by atoms with Crippen molar-refractivity contribution < 1.29 is 9.53 Å². The molecule has 0 fully saturated rings. The Balaban J connectivity index is 2.11. The highest BCUT2D eigenvalue weighted by atomic mass is 35.5. The Labute approximate surface area is 124 Å². The molecule has 0 heterocycles. The van der Waals surface area contributed by atoms with Crippen molar-refractivity contribution in [2.24, 2.45) is 0 Å². The van der Waals surface area contributed by atoms with Gasteiger partial charge in [-0.05, 0) is 30.2 Å². The van der Waals surface area contributed by atoms with Crippen LogP contribution in [-0.2, 0) is 6.42 Å². The predicted molar refractivity (Wildman–Crippen MR) is 81.7 cm³/mol. The minimum Gasteiger partial charge on any atom is -0.494 e. The number of hydrogen-bond acceptors (Lipinski definition) is 2. The molecule has 0 aliphatic carbocycles. The first kappa shape index (κ1) is 14.6. The molecule has 0 aromatic heterocycles. The standard InChI is InChI=1S/C17H17ClO2/c1-2-10-20-15-8-5-7-14(11-15)17(19)12-13-6-3-4-9-16(13)18/h3-9,11H,2,10,12H2,1H3. The maximum atomic E-state index is 12.3. The number of rotatable bonds is 6. The Morgan fingerprint density at radius 2 is 1.95 bits per heavy atom. The van der Waals surface area contributed by atoms with Crippen molar-refractivity contribution in [3.63, 3.8) is 0 Å². The Bertz CT molecular complexity index is 593. The molecule has 2 rings (SSSR count). The van der Waals surface area contributed by atoms with E-state index in [9.17, 15) is 4.79 Å². The van der Waals surface area contributed by atoms with Crippen LogP contribution in [0.2, 0.25) is 5.02 Å². The molecule has 2 aromatic rings. The van der Waals surface area contributed by atoms with Crippen molar-refractivity contribution in [3.8, 4) is 5.75 Å². The van der Waals surface area contributed by atoms with Gasteiger partial charge in [0.1, 0.15) is 5.75 Å². The summed E-state index contributed by atoms with van der Waals surface area (Å²) < 4.78 is 5.54. The number of carbonyl (C=O) groups excluding carboxylic acids is 1. The maximum absolute atomic E-state index is 12.3. The van der Waals surface area contributed by atoms with Gasteiger partial charge in [-0.25, -0.2) is 0 Å². The summed E-state index contributed by atoms with van der Waals surface area (Å²) in [7, 11) is 0. The summed E-state index contributed by atoms with van der Waals surface area (Å²) in [6, 6.07) is 14.7. The van der Waals surface area contributed by atoms with Crippen LogP contribution in [0.3, 0.4) is 0 Å². The van der Waals surface area contributed by atoms with E-state index in [4.69, 9.17) is 16.3 Å². The summed E-state index contributed by atoms with van der Waals surface area (Å²) in [5, 5.41) is 0.624. The fourth-order valence-corrected chi connectivity index (χ4v) is 2.10. The van der Waals surface area contributed by atoms with Gasteiger partial charge in [-0.3, -0.25) is 4.79 Å². The molecule has 0 amide bonds. The number of hydrogen-bond donors (Lipinski definition) is 0. The maximum Gasteiger partial charge on any atom is 0.167 e. The van der Waals surface area contributed by atoms with Crippen LogP contribution in [0.4, 0.5) is 0 Å². The molecule has 0 radical (unpaired) electrons. The summed E-state index contributed by atoms with van der Waals surface area (Å²) in [5.74, 6) is 0.775. The number of Topliss-reactive ketones (excluding diaryl/α,β-unsaturated/α-hetero) is 1. The minimum absolute atomic E-state index is 0.0417. The van der Waals surface area contributed by atoms with E-state index in [0.29, 0.717) is 23.6 Å². The van der Waals surface area contributed by atoms with Gasteiger partial charge >= 0.3 is 0 Å². The molecule has 0 saturated heterocycles. The first-order chi connectivity index (χ1) is 9.70. The summed E-state index contributed by atoms with van der Waals surface area (Å²) in [6.07, 6.45) is 1.24. The van der Waals surface area contributed by atoms with Gasteiger partial charge in [0.05, 0.1) is 6.61 Å². The molecule has 0 aliphatic rings. The molecule has 0 saturated carbocycles. The van der Waals surface area contributed by atoms with Crippen LogP contribution in [-0.4, -0.2) is 12.4 Å². The molecule has 3 heteroatoms. The second kappa shape index (κ2) is 7.11. The van der Waals surface area contributed by atoms with Crippen LogP contribution < -0.4 is 4.74 Å². The molecular formula is C17H17ClO2. The number of carbonyl (C=O) groups is 1. The van der Waals surface area contributed by atoms with Crippen molar-refractivity contribution >= 4 is 17.4 Å². The summed E-state index contributed by atoms with van der Waals surface area (Å²) in [4.78, 5) is 12.3. The Hall–Kier alpha value is -1.80. The SMILES string of the molecule is CCCOc1cccc(C(=O)Cc2ccccc2Cl)c1. The molecule has 2 aromatic carbocycles. The number of ketones is 1. The average Bonchev–Trinajstić information content (AvgIpc) is 2.48. The summed E-state index contributed by atoms with van der Waals surface area (Å²) >= 11 is 6.08. The lowest BCUT2D eigenvalue weighted by Crippen LogP contribution is -2.04. The highest BCUT2D eigenvalue weighted by molar-refractivity contribution is 6.31.